The number of pyridine rings is 2. The third-order valence-corrected chi connectivity index (χ3v) is 5.79. The van der Waals surface area contributed by atoms with Crippen molar-refractivity contribution in [1.82, 2.24) is 15.3 Å². The first-order valence-electron chi connectivity index (χ1n) is 10.8. The van der Waals surface area contributed by atoms with Crippen molar-refractivity contribution >= 4 is 29.1 Å². The van der Waals surface area contributed by atoms with E-state index >= 15 is 0 Å². The number of anilines is 1. The number of nitrogens with one attached hydrogen (secondary N) is 1. The van der Waals surface area contributed by atoms with E-state index in [-0.39, 0.29) is 17.5 Å². The van der Waals surface area contributed by atoms with E-state index in [4.69, 9.17) is 11.6 Å². The first-order chi connectivity index (χ1) is 15.9. The van der Waals surface area contributed by atoms with Crippen LogP contribution < -0.4 is 10.2 Å². The highest BCUT2D eigenvalue weighted by atomic mass is 35.5. The van der Waals surface area contributed by atoms with E-state index in [2.05, 4.69) is 15.3 Å². The lowest BCUT2D eigenvalue weighted by Gasteiger charge is -2.22. The van der Waals surface area contributed by atoms with Crippen LogP contribution in [-0.2, 0) is 11.2 Å². The SMILES string of the molecule is CC(=O)N(CC1CC1)c1ccc(-c2ccc(C(=O)NCCc3ccc(Cl)nc3)cn2)cc1F. The molecule has 8 heteroatoms. The lowest BCUT2D eigenvalue weighted by molar-refractivity contribution is -0.116. The number of amides is 2. The summed E-state index contributed by atoms with van der Waals surface area (Å²) in [7, 11) is 0. The van der Waals surface area contributed by atoms with E-state index in [0.29, 0.717) is 47.4 Å². The summed E-state index contributed by atoms with van der Waals surface area (Å²) in [6.45, 7) is 2.44. The molecule has 1 aromatic carbocycles. The number of carbonyl (C=O) groups excluding carboxylic acids is 2. The van der Waals surface area contributed by atoms with Gasteiger partial charge in [0.05, 0.1) is 16.9 Å². The van der Waals surface area contributed by atoms with Crippen LogP contribution in [0.1, 0.15) is 35.7 Å². The molecule has 1 aliphatic rings. The van der Waals surface area contributed by atoms with Crippen LogP contribution in [0.25, 0.3) is 11.3 Å². The number of benzene rings is 1. The molecule has 33 heavy (non-hydrogen) atoms. The van der Waals surface area contributed by atoms with Crippen LogP contribution in [0.4, 0.5) is 10.1 Å². The van der Waals surface area contributed by atoms with Gasteiger partial charge in [-0.2, -0.15) is 0 Å². The van der Waals surface area contributed by atoms with E-state index < -0.39 is 5.82 Å². The van der Waals surface area contributed by atoms with Gasteiger partial charge in [-0.15, -0.1) is 0 Å². The van der Waals surface area contributed by atoms with Gasteiger partial charge in [0, 0.05) is 38.0 Å². The number of halogens is 2. The topological polar surface area (TPSA) is 75.2 Å². The van der Waals surface area contributed by atoms with E-state index in [9.17, 15) is 14.0 Å². The number of nitrogens with zero attached hydrogens (tertiary/aromatic N) is 3. The Balaban J connectivity index is 1.38. The third kappa shape index (κ3) is 5.93. The molecule has 2 amide bonds. The molecule has 2 aromatic heterocycles. The van der Waals surface area contributed by atoms with Crippen LogP contribution in [0.15, 0.2) is 54.9 Å². The van der Waals surface area contributed by atoms with Crippen molar-refractivity contribution in [2.75, 3.05) is 18.0 Å². The highest BCUT2D eigenvalue weighted by Gasteiger charge is 2.27. The molecule has 170 valence electrons. The summed E-state index contributed by atoms with van der Waals surface area (Å²) in [5.41, 5.74) is 2.79. The molecule has 0 spiro atoms. The van der Waals surface area contributed by atoms with Crippen LogP contribution in [0.3, 0.4) is 0 Å². The van der Waals surface area contributed by atoms with E-state index in [0.717, 1.165) is 18.4 Å². The zero-order chi connectivity index (χ0) is 23.4. The molecule has 2 heterocycles. The van der Waals surface area contributed by atoms with Gasteiger partial charge in [-0.1, -0.05) is 23.7 Å². The van der Waals surface area contributed by atoms with Crippen molar-refractivity contribution < 1.29 is 14.0 Å². The molecule has 0 unspecified atom stereocenters. The van der Waals surface area contributed by atoms with Crippen molar-refractivity contribution in [3.8, 4) is 11.3 Å². The van der Waals surface area contributed by atoms with Gasteiger partial charge >= 0.3 is 0 Å². The summed E-state index contributed by atoms with van der Waals surface area (Å²) >= 11 is 5.77. The Kier molecular flexibility index (Phi) is 6.99. The van der Waals surface area contributed by atoms with Crippen LogP contribution >= 0.6 is 11.6 Å². The number of aromatic nitrogens is 2. The Labute approximate surface area is 196 Å². The predicted octanol–water partition coefficient (Wildman–Crippen LogP) is 4.67. The Bertz CT molecular complexity index is 1150. The molecule has 1 aliphatic carbocycles. The zero-order valence-electron chi connectivity index (χ0n) is 18.2. The standard InChI is InChI=1S/C25H24ClFN4O2/c1-16(32)31(15-18-2-3-18)23-8-6-19(12-21(23)27)22-7-5-20(14-29-22)25(33)28-11-10-17-4-9-24(26)30-13-17/h4-9,12-14,18H,2-3,10-11,15H2,1H3,(H,28,33). The Hall–Kier alpha value is -3.32. The van der Waals surface area contributed by atoms with Crippen molar-refractivity contribution in [1.29, 1.82) is 0 Å². The number of hydrogen-bond acceptors (Lipinski definition) is 4. The lowest BCUT2D eigenvalue weighted by Crippen LogP contribution is -2.31. The zero-order valence-corrected chi connectivity index (χ0v) is 19.0. The van der Waals surface area contributed by atoms with Crippen molar-refractivity contribution in [3.63, 3.8) is 0 Å². The summed E-state index contributed by atoms with van der Waals surface area (Å²) in [5.74, 6) is -0.427. The Morgan fingerprint density at radius 1 is 1.12 bits per heavy atom. The smallest absolute Gasteiger partial charge is 0.252 e. The fourth-order valence-corrected chi connectivity index (χ4v) is 3.63. The van der Waals surface area contributed by atoms with Gasteiger partial charge in [0.1, 0.15) is 11.0 Å². The van der Waals surface area contributed by atoms with Crippen molar-refractivity contribution in [2.45, 2.75) is 26.2 Å². The van der Waals surface area contributed by atoms with Crippen LogP contribution in [-0.4, -0.2) is 34.9 Å². The summed E-state index contributed by atoms with van der Waals surface area (Å²) in [6.07, 6.45) is 5.93. The minimum absolute atomic E-state index is 0.172. The Morgan fingerprint density at radius 3 is 2.55 bits per heavy atom. The average Bonchev–Trinajstić information content (AvgIpc) is 3.63. The molecule has 0 radical (unpaired) electrons. The normalized spacial score (nSPS) is 12.9. The second-order valence-electron chi connectivity index (χ2n) is 8.17. The molecule has 1 saturated carbocycles. The van der Waals surface area contributed by atoms with Crippen molar-refractivity contribution in [2.24, 2.45) is 5.92 Å². The van der Waals surface area contributed by atoms with Gasteiger partial charge in [0.2, 0.25) is 5.91 Å². The molecule has 6 nitrogen and oxygen atoms in total. The van der Waals surface area contributed by atoms with Gasteiger partial charge < -0.3 is 10.2 Å². The lowest BCUT2D eigenvalue weighted by atomic mass is 10.1. The van der Waals surface area contributed by atoms with E-state index in [1.807, 2.05) is 6.07 Å². The summed E-state index contributed by atoms with van der Waals surface area (Å²) in [6, 6.07) is 11.6. The van der Waals surface area contributed by atoms with Gasteiger partial charge in [-0.05, 0) is 61.1 Å². The maximum absolute atomic E-state index is 14.8. The molecular weight excluding hydrogens is 443 g/mol. The molecular formula is C25H24ClFN4O2. The molecule has 0 bridgehead atoms. The largest absolute Gasteiger partial charge is 0.352 e. The van der Waals surface area contributed by atoms with E-state index in [1.54, 1.807) is 36.5 Å². The van der Waals surface area contributed by atoms with Crippen LogP contribution in [0.5, 0.6) is 0 Å². The summed E-state index contributed by atoms with van der Waals surface area (Å²) in [4.78, 5) is 34.2. The predicted molar refractivity (Wildman–Crippen MR) is 126 cm³/mol. The minimum Gasteiger partial charge on any atom is -0.352 e. The monoisotopic (exact) mass is 466 g/mol. The Morgan fingerprint density at radius 2 is 1.94 bits per heavy atom. The molecule has 3 aromatic rings. The van der Waals surface area contributed by atoms with Crippen LogP contribution in [0.2, 0.25) is 5.15 Å². The first-order valence-corrected chi connectivity index (χ1v) is 11.2. The average molecular weight is 467 g/mol. The molecule has 1 N–H and O–H groups in total. The highest BCUT2D eigenvalue weighted by Crippen LogP contribution is 2.33. The first kappa shape index (κ1) is 22.9. The fraction of sp³-hybridized carbons (Fsp3) is 0.280. The highest BCUT2D eigenvalue weighted by molar-refractivity contribution is 6.29. The minimum atomic E-state index is -0.469. The molecule has 0 atom stereocenters. The fourth-order valence-electron chi connectivity index (χ4n) is 3.52. The number of carbonyl (C=O) groups is 2. The van der Waals surface area contributed by atoms with Crippen LogP contribution in [0, 0.1) is 11.7 Å². The van der Waals surface area contributed by atoms with Gasteiger partial charge in [0.15, 0.2) is 0 Å². The van der Waals surface area contributed by atoms with E-state index in [1.165, 1.54) is 24.1 Å². The third-order valence-electron chi connectivity index (χ3n) is 5.57. The quantitative estimate of drug-likeness (QED) is 0.489. The summed E-state index contributed by atoms with van der Waals surface area (Å²) < 4.78 is 14.8. The molecule has 0 aliphatic heterocycles. The number of rotatable bonds is 8. The van der Waals surface area contributed by atoms with Crippen molar-refractivity contribution in [3.05, 3.63) is 77.0 Å². The molecule has 4 rings (SSSR count). The molecule has 0 saturated heterocycles. The van der Waals surface area contributed by atoms with Gasteiger partial charge in [-0.3, -0.25) is 14.6 Å². The maximum Gasteiger partial charge on any atom is 0.252 e. The van der Waals surface area contributed by atoms with Gasteiger partial charge in [-0.25, -0.2) is 9.37 Å². The summed E-state index contributed by atoms with van der Waals surface area (Å²) in [5, 5.41) is 3.27. The second-order valence-corrected chi connectivity index (χ2v) is 8.55. The molecule has 1 fully saturated rings. The second kappa shape index (κ2) is 10.1. The maximum atomic E-state index is 14.8. The number of hydrogen-bond donors (Lipinski definition) is 1. The van der Waals surface area contributed by atoms with Gasteiger partial charge in [0.25, 0.3) is 5.91 Å².